The molecule has 1 saturated carbocycles. The Morgan fingerprint density at radius 3 is 2.70 bits per heavy atom. The zero-order valence-electron chi connectivity index (χ0n) is 18.7. The summed E-state index contributed by atoms with van der Waals surface area (Å²) in [6, 6.07) is 7.02. The van der Waals surface area contributed by atoms with Crippen LogP contribution >= 0.6 is 11.3 Å². The number of hydrogen-bond acceptors (Lipinski definition) is 6. The lowest BCUT2D eigenvalue weighted by molar-refractivity contribution is 0.203. The van der Waals surface area contributed by atoms with Crippen molar-refractivity contribution >= 4 is 38.3 Å². The first-order chi connectivity index (χ1) is 16.2. The van der Waals surface area contributed by atoms with Gasteiger partial charge in [0.25, 0.3) is 5.56 Å². The number of nitrogens with one attached hydrogen (secondary N) is 1. The highest BCUT2D eigenvalue weighted by molar-refractivity contribution is 7.21. The molecule has 0 bridgehead atoms. The van der Waals surface area contributed by atoms with E-state index in [0.29, 0.717) is 17.3 Å². The number of nitrogens with zero attached hydrogens (tertiary/aromatic N) is 4. The molecule has 0 atom stereocenters. The Bertz CT molecular complexity index is 1340. The Kier molecular flexibility index (Phi) is 5.42. The second-order valence-corrected chi connectivity index (χ2v) is 10.5. The maximum absolute atomic E-state index is 12.8. The molecular weight excluding hydrogens is 434 g/mol. The van der Waals surface area contributed by atoms with Crippen molar-refractivity contribution in [2.75, 3.05) is 24.6 Å². The molecule has 6 rings (SSSR count). The van der Waals surface area contributed by atoms with Crippen LogP contribution in [0.2, 0.25) is 0 Å². The second kappa shape index (κ2) is 8.57. The highest BCUT2D eigenvalue weighted by Gasteiger charge is 2.26. The van der Waals surface area contributed by atoms with Gasteiger partial charge in [-0.25, -0.2) is 9.97 Å². The van der Waals surface area contributed by atoms with E-state index in [4.69, 9.17) is 4.98 Å². The number of hydrogen-bond donors (Lipinski definition) is 2. The third-order valence-electron chi connectivity index (χ3n) is 7.45. The van der Waals surface area contributed by atoms with Crippen molar-refractivity contribution in [3.8, 4) is 10.4 Å². The van der Waals surface area contributed by atoms with Gasteiger partial charge >= 0.3 is 0 Å². The van der Waals surface area contributed by atoms with Gasteiger partial charge in [0.15, 0.2) is 0 Å². The number of benzene rings is 1. The SMILES string of the molecule is O=c1[nH]cnc2c(-c3ccc4c(c3)ncn4C3CCCCC3)sc(N3CCC(CO)CC3)c12. The maximum Gasteiger partial charge on any atom is 0.261 e. The number of H-pyrrole nitrogens is 1. The van der Waals surface area contributed by atoms with Gasteiger partial charge in [-0.05, 0) is 49.3 Å². The molecule has 7 nitrogen and oxygen atoms in total. The first kappa shape index (κ1) is 20.9. The van der Waals surface area contributed by atoms with E-state index in [-0.39, 0.29) is 12.2 Å². The van der Waals surface area contributed by atoms with Crippen LogP contribution in [0.3, 0.4) is 0 Å². The number of thiophene rings is 1. The van der Waals surface area contributed by atoms with Crippen LogP contribution in [-0.2, 0) is 0 Å². The number of aromatic amines is 1. The van der Waals surface area contributed by atoms with Crippen molar-refractivity contribution in [2.45, 2.75) is 51.0 Å². The fourth-order valence-electron chi connectivity index (χ4n) is 5.53. The van der Waals surface area contributed by atoms with Crippen molar-refractivity contribution in [1.82, 2.24) is 19.5 Å². The van der Waals surface area contributed by atoms with Gasteiger partial charge in [-0.2, -0.15) is 0 Å². The van der Waals surface area contributed by atoms with Gasteiger partial charge in [0, 0.05) is 25.7 Å². The van der Waals surface area contributed by atoms with Crippen molar-refractivity contribution in [2.24, 2.45) is 5.92 Å². The van der Waals surface area contributed by atoms with Crippen LogP contribution in [0.15, 0.2) is 35.6 Å². The van der Waals surface area contributed by atoms with E-state index in [0.717, 1.165) is 52.4 Å². The average molecular weight is 464 g/mol. The van der Waals surface area contributed by atoms with Crippen LogP contribution in [0, 0.1) is 5.92 Å². The van der Waals surface area contributed by atoms with Crippen LogP contribution in [0.1, 0.15) is 51.0 Å². The summed E-state index contributed by atoms with van der Waals surface area (Å²) in [5.74, 6) is 0.352. The lowest BCUT2D eigenvalue weighted by Crippen LogP contribution is -2.34. The van der Waals surface area contributed by atoms with Gasteiger partial charge < -0.3 is 19.6 Å². The molecular formula is C25H29N5O2S. The summed E-state index contributed by atoms with van der Waals surface area (Å²) in [6.45, 7) is 1.93. The number of aliphatic hydroxyl groups excluding tert-OH is 1. The van der Waals surface area contributed by atoms with Gasteiger partial charge in [0.2, 0.25) is 0 Å². The molecule has 1 saturated heterocycles. The largest absolute Gasteiger partial charge is 0.396 e. The van der Waals surface area contributed by atoms with Crippen LogP contribution in [0.5, 0.6) is 0 Å². The highest BCUT2D eigenvalue weighted by atomic mass is 32.1. The molecule has 1 aromatic carbocycles. The maximum atomic E-state index is 12.8. The molecule has 172 valence electrons. The highest BCUT2D eigenvalue weighted by Crippen LogP contribution is 2.43. The van der Waals surface area contributed by atoms with Crippen LogP contribution in [0.4, 0.5) is 5.00 Å². The first-order valence-electron chi connectivity index (χ1n) is 12.1. The van der Waals surface area contributed by atoms with Crippen LogP contribution in [0.25, 0.3) is 32.4 Å². The van der Waals surface area contributed by atoms with E-state index in [1.165, 1.54) is 43.9 Å². The van der Waals surface area contributed by atoms with E-state index in [1.54, 1.807) is 11.3 Å². The molecule has 8 heteroatoms. The number of rotatable bonds is 4. The Balaban J connectivity index is 1.41. The number of aliphatic hydroxyl groups is 1. The van der Waals surface area contributed by atoms with Crippen LogP contribution < -0.4 is 10.5 Å². The lowest BCUT2D eigenvalue weighted by Gasteiger charge is -2.31. The minimum absolute atomic E-state index is 0.0931. The molecule has 4 heterocycles. The predicted octanol–water partition coefficient (Wildman–Crippen LogP) is 4.72. The quantitative estimate of drug-likeness (QED) is 0.457. The number of imidazole rings is 1. The van der Waals surface area contributed by atoms with Gasteiger partial charge in [-0.15, -0.1) is 11.3 Å². The second-order valence-electron chi connectivity index (χ2n) is 9.45. The third-order valence-corrected chi connectivity index (χ3v) is 8.73. The monoisotopic (exact) mass is 463 g/mol. The lowest BCUT2D eigenvalue weighted by atomic mass is 9.95. The number of piperidine rings is 1. The molecule has 0 spiro atoms. The standard InChI is InChI=1S/C25H29N5O2S/c31-13-16-8-10-29(11-9-16)25-21-22(26-14-27-24(21)32)23(33-25)17-6-7-20-19(12-17)28-15-30(20)18-4-2-1-3-5-18/h6-7,12,14-16,18,31H,1-5,8-11,13H2,(H,26,27,32). The predicted molar refractivity (Wildman–Crippen MR) is 133 cm³/mol. The molecule has 2 N–H and O–H groups in total. The van der Waals surface area contributed by atoms with E-state index in [2.05, 4.69) is 37.6 Å². The summed E-state index contributed by atoms with van der Waals surface area (Å²) in [4.78, 5) is 28.2. The average Bonchev–Trinajstić information content (AvgIpc) is 3.47. The van der Waals surface area contributed by atoms with E-state index in [9.17, 15) is 9.90 Å². The fraction of sp³-hybridized carbons (Fsp3) is 0.480. The Labute approximate surface area is 196 Å². The fourth-order valence-corrected chi connectivity index (χ4v) is 6.82. The van der Waals surface area contributed by atoms with E-state index in [1.807, 2.05) is 6.33 Å². The smallest absolute Gasteiger partial charge is 0.261 e. The Hall–Kier alpha value is -2.71. The van der Waals surface area contributed by atoms with Gasteiger partial charge in [0.05, 0.1) is 34.1 Å². The number of anilines is 1. The number of fused-ring (bicyclic) bond motifs is 2. The van der Waals surface area contributed by atoms with E-state index < -0.39 is 0 Å². The van der Waals surface area contributed by atoms with Crippen molar-refractivity contribution in [3.63, 3.8) is 0 Å². The molecule has 1 aliphatic heterocycles. The van der Waals surface area contributed by atoms with Crippen molar-refractivity contribution < 1.29 is 5.11 Å². The molecule has 33 heavy (non-hydrogen) atoms. The molecule has 0 radical (unpaired) electrons. The minimum Gasteiger partial charge on any atom is -0.396 e. The molecule has 2 aliphatic rings. The summed E-state index contributed by atoms with van der Waals surface area (Å²) in [5.41, 5.74) is 3.90. The molecule has 3 aromatic heterocycles. The van der Waals surface area contributed by atoms with Crippen molar-refractivity contribution in [1.29, 1.82) is 0 Å². The molecule has 0 amide bonds. The summed E-state index contributed by atoms with van der Waals surface area (Å²) < 4.78 is 2.35. The molecule has 1 aliphatic carbocycles. The third kappa shape index (κ3) is 3.65. The normalized spacial score (nSPS) is 18.5. The van der Waals surface area contributed by atoms with Gasteiger partial charge in [0.1, 0.15) is 10.4 Å². The summed E-state index contributed by atoms with van der Waals surface area (Å²) in [5, 5.41) is 11.2. The van der Waals surface area contributed by atoms with Crippen molar-refractivity contribution in [3.05, 3.63) is 41.2 Å². The topological polar surface area (TPSA) is 87.0 Å². The summed E-state index contributed by atoms with van der Waals surface area (Å²) >= 11 is 1.65. The summed E-state index contributed by atoms with van der Waals surface area (Å²) in [6.07, 6.45) is 11.8. The Morgan fingerprint density at radius 1 is 1.09 bits per heavy atom. The Morgan fingerprint density at radius 2 is 1.91 bits per heavy atom. The zero-order valence-corrected chi connectivity index (χ0v) is 19.5. The molecule has 4 aromatic rings. The van der Waals surface area contributed by atoms with Gasteiger partial charge in [-0.3, -0.25) is 4.79 Å². The first-order valence-corrected chi connectivity index (χ1v) is 12.9. The van der Waals surface area contributed by atoms with E-state index >= 15 is 0 Å². The van der Waals surface area contributed by atoms with Gasteiger partial charge in [-0.1, -0.05) is 25.3 Å². The zero-order chi connectivity index (χ0) is 22.4. The van der Waals surface area contributed by atoms with Crippen LogP contribution in [-0.4, -0.2) is 44.3 Å². The molecule has 0 unspecified atom stereocenters. The summed E-state index contributed by atoms with van der Waals surface area (Å²) in [7, 11) is 0. The number of aromatic nitrogens is 4. The molecule has 2 fully saturated rings. The minimum atomic E-state index is -0.0931.